The lowest BCUT2D eigenvalue weighted by Crippen LogP contribution is -2.26. The number of para-hydroxylation sites is 1. The Kier molecular flexibility index (Phi) is 11.6. The van der Waals surface area contributed by atoms with Crippen molar-refractivity contribution in [2.24, 2.45) is 0 Å². The van der Waals surface area contributed by atoms with Crippen molar-refractivity contribution in [3.63, 3.8) is 0 Å². The fourth-order valence-electron chi connectivity index (χ4n) is 10.3. The molecule has 0 saturated carbocycles. The van der Waals surface area contributed by atoms with E-state index < -0.39 is 0 Å². The highest BCUT2D eigenvalue weighted by atomic mass is 16.5. The third kappa shape index (κ3) is 8.90. The molecule has 1 aliphatic heterocycles. The Balaban J connectivity index is 1.12. The van der Waals surface area contributed by atoms with E-state index in [0.717, 1.165) is 39.4 Å². The van der Waals surface area contributed by atoms with E-state index in [-0.39, 0.29) is 27.1 Å². The van der Waals surface area contributed by atoms with Crippen molar-refractivity contribution in [3.8, 4) is 17.3 Å². The van der Waals surface area contributed by atoms with Gasteiger partial charge in [0.25, 0.3) is 0 Å². The third-order valence-corrected chi connectivity index (χ3v) is 15.2. The normalized spacial score (nSPS) is 13.6. The van der Waals surface area contributed by atoms with E-state index in [0.29, 0.717) is 6.67 Å². The third-order valence-electron chi connectivity index (χ3n) is 15.2. The molecule has 0 fully saturated rings. The van der Waals surface area contributed by atoms with E-state index in [4.69, 9.17) is 9.72 Å². The summed E-state index contributed by atoms with van der Waals surface area (Å²) in [6, 6.07) is 62.3. The van der Waals surface area contributed by atoms with Crippen LogP contribution in [0.5, 0.6) is 11.5 Å². The van der Waals surface area contributed by atoms with Crippen LogP contribution in [0.4, 0.5) is 22.7 Å². The number of anilines is 4. The minimum Gasteiger partial charge on any atom is -0.457 e. The molecule has 0 saturated heterocycles. The second-order valence-electron chi connectivity index (χ2n) is 24.0. The Hall–Kier alpha value is -7.11. The fraction of sp³-hybridized carbons (Fsp3) is 0.288. The first kappa shape index (κ1) is 47.6. The highest BCUT2D eigenvalue weighted by Crippen LogP contribution is 2.49. The molecule has 71 heavy (non-hydrogen) atoms. The molecule has 0 aliphatic carbocycles. The minimum absolute atomic E-state index is 0.0215. The predicted molar refractivity (Wildman–Crippen MR) is 300 cm³/mol. The molecule has 0 bridgehead atoms. The lowest BCUT2D eigenvalue weighted by Gasteiger charge is -2.30. The number of benzene rings is 7. The van der Waals surface area contributed by atoms with E-state index in [1.807, 2.05) is 6.20 Å². The van der Waals surface area contributed by atoms with Crippen LogP contribution in [0.25, 0.3) is 27.6 Å². The molecule has 1 aliphatic rings. The first-order valence-electron chi connectivity index (χ1n) is 25.4. The average molecular weight is 935 g/mol. The number of hydrogen-bond acceptors (Lipinski definition) is 4. The summed E-state index contributed by atoms with van der Waals surface area (Å²) in [5.74, 6) is 2.41. The van der Waals surface area contributed by atoms with Crippen LogP contribution in [0.15, 0.2) is 176 Å². The lowest BCUT2D eigenvalue weighted by atomic mass is 9.78. The Morgan fingerprint density at radius 3 is 1.56 bits per heavy atom. The molecule has 5 heteroatoms. The zero-order chi connectivity index (χ0) is 50.3. The number of hydrogen-bond donors (Lipinski definition) is 0. The zero-order valence-electron chi connectivity index (χ0n) is 44.1. The maximum absolute atomic E-state index is 7.18. The van der Waals surface area contributed by atoms with Crippen LogP contribution in [-0.2, 0) is 27.1 Å². The van der Waals surface area contributed by atoms with Gasteiger partial charge < -0.3 is 14.5 Å². The molecule has 360 valence electrons. The minimum atomic E-state index is -0.336. The van der Waals surface area contributed by atoms with E-state index >= 15 is 0 Å². The summed E-state index contributed by atoms with van der Waals surface area (Å²) >= 11 is 0. The maximum Gasteiger partial charge on any atom is 0.137 e. The summed E-state index contributed by atoms with van der Waals surface area (Å²) in [5.41, 5.74) is 15.0. The lowest BCUT2D eigenvalue weighted by molar-refractivity contribution is 0.480. The van der Waals surface area contributed by atoms with Crippen LogP contribution in [0.1, 0.15) is 129 Å². The van der Waals surface area contributed by atoms with Crippen molar-refractivity contribution in [2.75, 3.05) is 16.5 Å². The van der Waals surface area contributed by atoms with Crippen molar-refractivity contribution < 1.29 is 4.74 Å². The monoisotopic (exact) mass is 935 g/mol. The smallest absolute Gasteiger partial charge is 0.137 e. The number of ether oxygens (including phenoxy) is 1. The largest absolute Gasteiger partial charge is 0.457 e. The van der Waals surface area contributed by atoms with Gasteiger partial charge in [-0.1, -0.05) is 181 Å². The first-order valence-corrected chi connectivity index (χ1v) is 25.4. The summed E-state index contributed by atoms with van der Waals surface area (Å²) in [6.07, 6.45) is 1.95. The van der Waals surface area contributed by atoms with Crippen LogP contribution in [0, 0.1) is 0 Å². The van der Waals surface area contributed by atoms with Crippen molar-refractivity contribution in [1.29, 1.82) is 0 Å². The van der Waals surface area contributed by atoms with Crippen molar-refractivity contribution in [1.82, 2.24) is 9.55 Å². The van der Waals surface area contributed by atoms with E-state index in [9.17, 15) is 0 Å². The van der Waals surface area contributed by atoms with Gasteiger partial charge in [0.05, 0.1) is 22.4 Å². The van der Waals surface area contributed by atoms with E-state index in [1.54, 1.807) is 0 Å². The number of aromatic nitrogens is 2. The molecule has 0 N–H and O–H groups in total. The van der Waals surface area contributed by atoms with Gasteiger partial charge in [-0.3, -0.25) is 4.57 Å². The summed E-state index contributed by atoms with van der Waals surface area (Å²) in [4.78, 5) is 10.0. The molecule has 5 nitrogen and oxygen atoms in total. The van der Waals surface area contributed by atoms with E-state index in [1.165, 1.54) is 61.4 Å². The van der Waals surface area contributed by atoms with Gasteiger partial charge in [-0.25, -0.2) is 4.98 Å². The zero-order valence-corrected chi connectivity index (χ0v) is 44.1. The molecule has 9 aromatic rings. The molecular weight excluding hydrogens is 865 g/mol. The average Bonchev–Trinajstić information content (AvgIpc) is 3.89. The van der Waals surface area contributed by atoms with Gasteiger partial charge in [-0.2, -0.15) is 0 Å². The van der Waals surface area contributed by atoms with Gasteiger partial charge in [0.15, 0.2) is 0 Å². The molecule has 0 spiro atoms. The molecule has 3 heterocycles. The van der Waals surface area contributed by atoms with Crippen molar-refractivity contribution >= 4 is 44.6 Å². The highest BCUT2D eigenvalue weighted by molar-refractivity contribution is 6.09. The Labute approximate surface area is 422 Å². The highest BCUT2D eigenvalue weighted by Gasteiger charge is 2.34. The molecule has 10 rings (SSSR count). The maximum atomic E-state index is 7.18. The standard InChI is InChI=1S/C66H70N4O/c1-62(2,3)46-28-31-58-60(39-46)69(51-35-48(63(4,5)6)34-49(36-51)64(7,8)9)43-68(58)52-37-50(66(12,13)45-24-18-15-19-25-45)38-54(41-52)71-53-29-30-56-55-26-20-21-27-57(55)70(59(56)42-53)61-40-47(32-33-67-61)65(10,11)44-22-16-14-17-23-44/h14-42H,43H2,1-13H3. The topological polar surface area (TPSA) is 33.5 Å². The number of pyridine rings is 1. The first-order chi connectivity index (χ1) is 33.6. The van der Waals surface area contributed by atoms with Crippen LogP contribution in [-0.4, -0.2) is 16.2 Å². The molecule has 0 radical (unpaired) electrons. The second-order valence-corrected chi connectivity index (χ2v) is 24.0. The van der Waals surface area contributed by atoms with Crippen LogP contribution < -0.4 is 14.5 Å². The summed E-state index contributed by atoms with van der Waals surface area (Å²) in [5, 5.41) is 2.32. The Morgan fingerprint density at radius 2 is 0.930 bits per heavy atom. The van der Waals surface area contributed by atoms with Gasteiger partial charge >= 0.3 is 0 Å². The molecule has 0 atom stereocenters. The van der Waals surface area contributed by atoms with Crippen LogP contribution >= 0.6 is 0 Å². The number of fused-ring (bicyclic) bond motifs is 4. The van der Waals surface area contributed by atoms with E-state index in [2.05, 4.69) is 274 Å². The van der Waals surface area contributed by atoms with Crippen LogP contribution in [0.3, 0.4) is 0 Å². The van der Waals surface area contributed by atoms with Crippen molar-refractivity contribution in [2.45, 2.75) is 117 Å². The van der Waals surface area contributed by atoms with Crippen molar-refractivity contribution in [3.05, 3.63) is 215 Å². The summed E-state index contributed by atoms with van der Waals surface area (Å²) in [7, 11) is 0. The fourth-order valence-corrected chi connectivity index (χ4v) is 10.3. The van der Waals surface area contributed by atoms with Gasteiger partial charge in [0.1, 0.15) is 24.0 Å². The molecule has 0 amide bonds. The van der Waals surface area contributed by atoms with Crippen LogP contribution in [0.2, 0.25) is 0 Å². The SMILES string of the molecule is CC(C)(C)c1cc(N2CN(c3cc(Oc4ccc5c6ccccc6n(-c6cc(C(C)(C)c7ccccc7)ccn6)c5c4)cc(C(C)(C)c4ccccc4)c3)c3ccc(C(C)(C)C)cc32)cc(C(C)(C)C)c1. The molecular formula is C66H70N4O. The number of rotatable bonds is 9. The molecule has 2 aromatic heterocycles. The van der Waals surface area contributed by atoms with Gasteiger partial charge in [0, 0.05) is 51.3 Å². The summed E-state index contributed by atoms with van der Waals surface area (Å²) in [6.45, 7) is 30.7. The quantitative estimate of drug-likeness (QED) is 0.144. The Morgan fingerprint density at radius 1 is 0.380 bits per heavy atom. The second kappa shape index (κ2) is 17.3. The van der Waals surface area contributed by atoms with Gasteiger partial charge in [0.2, 0.25) is 0 Å². The molecule has 7 aromatic carbocycles. The number of nitrogens with zero attached hydrogens (tertiary/aromatic N) is 4. The predicted octanol–water partition coefficient (Wildman–Crippen LogP) is 17.8. The van der Waals surface area contributed by atoms with Gasteiger partial charge in [-0.05, 0) is 122 Å². The van der Waals surface area contributed by atoms with Gasteiger partial charge in [-0.15, -0.1) is 0 Å². The molecule has 0 unspecified atom stereocenters. The summed E-state index contributed by atoms with van der Waals surface area (Å²) < 4.78 is 9.47. The Bertz CT molecular complexity index is 3400.